The van der Waals surface area contributed by atoms with Crippen LogP contribution in [-0.4, -0.2) is 46.1 Å². The van der Waals surface area contributed by atoms with Gasteiger partial charge in [-0.3, -0.25) is 0 Å². The number of rotatable bonds is 9. The minimum absolute atomic E-state index is 0.187. The van der Waals surface area contributed by atoms with Gasteiger partial charge in [-0.25, -0.2) is 4.79 Å². The van der Waals surface area contributed by atoms with Gasteiger partial charge in [-0.2, -0.15) is 0 Å². The first-order valence-corrected chi connectivity index (χ1v) is 12.0. The first-order chi connectivity index (χ1) is 16.5. The largest absolute Gasteiger partial charge is 0.508 e. The number of amides is 1. The van der Waals surface area contributed by atoms with Gasteiger partial charge in [0.2, 0.25) is 0 Å². The summed E-state index contributed by atoms with van der Waals surface area (Å²) >= 11 is 11.6. The molecule has 0 bridgehead atoms. The van der Waals surface area contributed by atoms with Crippen molar-refractivity contribution in [2.24, 2.45) is 0 Å². The van der Waals surface area contributed by atoms with Crippen molar-refractivity contribution in [1.82, 2.24) is 4.90 Å². The average molecular weight is 500 g/mol. The molecule has 0 aliphatic carbocycles. The summed E-state index contributed by atoms with van der Waals surface area (Å²) < 4.78 is 5.52. The summed E-state index contributed by atoms with van der Waals surface area (Å²) in [6.45, 7) is 2.78. The lowest BCUT2D eigenvalue weighted by molar-refractivity contribution is 0.158. The van der Waals surface area contributed by atoms with E-state index in [9.17, 15) is 15.0 Å². The summed E-state index contributed by atoms with van der Waals surface area (Å²) in [7, 11) is 0. The Labute approximate surface area is 209 Å². The number of alkyl halides is 2. The van der Waals surface area contributed by atoms with Gasteiger partial charge >= 0.3 is 6.09 Å². The van der Waals surface area contributed by atoms with Crippen LogP contribution in [0, 0.1) is 0 Å². The molecular formula is C27H27Cl2NO4. The van der Waals surface area contributed by atoms with E-state index in [2.05, 4.69) is 6.92 Å². The van der Waals surface area contributed by atoms with Crippen LogP contribution in [0.25, 0.3) is 11.1 Å². The van der Waals surface area contributed by atoms with E-state index in [0.29, 0.717) is 30.6 Å². The van der Waals surface area contributed by atoms with Gasteiger partial charge < -0.3 is 19.8 Å². The van der Waals surface area contributed by atoms with E-state index >= 15 is 0 Å². The number of hydrogen-bond donors (Lipinski definition) is 2. The highest BCUT2D eigenvalue weighted by molar-refractivity contribution is 6.18. The summed E-state index contributed by atoms with van der Waals surface area (Å²) in [5.74, 6) is 1.39. The molecule has 0 spiro atoms. The van der Waals surface area contributed by atoms with Crippen molar-refractivity contribution in [1.29, 1.82) is 0 Å². The summed E-state index contributed by atoms with van der Waals surface area (Å²) in [5.41, 5.74) is 4.90. The van der Waals surface area contributed by atoms with Crippen molar-refractivity contribution in [3.8, 4) is 17.2 Å². The minimum Gasteiger partial charge on any atom is -0.508 e. The topological polar surface area (TPSA) is 70.0 Å². The number of benzene rings is 3. The summed E-state index contributed by atoms with van der Waals surface area (Å²) in [5, 5.41) is 19.5. The molecule has 0 heterocycles. The van der Waals surface area contributed by atoms with Crippen LogP contribution in [0.1, 0.15) is 30.0 Å². The zero-order valence-electron chi connectivity index (χ0n) is 18.9. The lowest BCUT2D eigenvalue weighted by atomic mass is 9.88. The molecule has 5 nitrogen and oxygen atoms in total. The first-order valence-electron chi connectivity index (χ1n) is 11.0. The minimum atomic E-state index is -0.498. The number of carbonyl (C=O) groups is 1. The Morgan fingerprint density at radius 1 is 0.765 bits per heavy atom. The van der Waals surface area contributed by atoms with Crippen LogP contribution in [0.4, 0.5) is 4.79 Å². The lowest BCUT2D eigenvalue weighted by Gasteiger charge is -2.20. The number of allylic oxidation sites excluding steroid dienone is 1. The molecule has 7 heteroatoms. The number of aromatic hydroxyl groups is 2. The van der Waals surface area contributed by atoms with Crippen molar-refractivity contribution in [3.05, 3.63) is 89.5 Å². The Bertz CT molecular complexity index is 1100. The Kier molecular flexibility index (Phi) is 9.25. The maximum Gasteiger partial charge on any atom is 0.415 e. The van der Waals surface area contributed by atoms with Crippen LogP contribution in [0.3, 0.4) is 0 Å². The number of hydrogen-bond acceptors (Lipinski definition) is 4. The van der Waals surface area contributed by atoms with E-state index in [4.69, 9.17) is 27.9 Å². The van der Waals surface area contributed by atoms with Gasteiger partial charge in [0, 0.05) is 24.8 Å². The second kappa shape index (κ2) is 12.4. The molecule has 0 atom stereocenters. The van der Waals surface area contributed by atoms with E-state index in [1.54, 1.807) is 36.4 Å². The fraction of sp³-hybridized carbons (Fsp3) is 0.222. The second-order valence-corrected chi connectivity index (χ2v) is 8.31. The molecule has 0 unspecified atom stereocenters. The molecule has 1 amide bonds. The predicted molar refractivity (Wildman–Crippen MR) is 138 cm³/mol. The highest BCUT2D eigenvalue weighted by atomic mass is 35.5. The lowest BCUT2D eigenvalue weighted by Crippen LogP contribution is -2.36. The molecule has 0 saturated heterocycles. The van der Waals surface area contributed by atoms with Crippen LogP contribution in [-0.2, 0) is 0 Å². The van der Waals surface area contributed by atoms with Crippen molar-refractivity contribution >= 4 is 40.4 Å². The molecule has 3 rings (SSSR count). The van der Waals surface area contributed by atoms with Crippen LogP contribution in [0.15, 0.2) is 72.8 Å². The van der Waals surface area contributed by atoms with Crippen LogP contribution in [0.5, 0.6) is 17.2 Å². The van der Waals surface area contributed by atoms with E-state index in [1.807, 2.05) is 36.4 Å². The Morgan fingerprint density at radius 3 is 1.65 bits per heavy atom. The number of carbonyl (C=O) groups excluding carboxylic acids is 1. The zero-order chi connectivity index (χ0) is 24.5. The third-order valence-electron chi connectivity index (χ3n) is 5.34. The summed E-state index contributed by atoms with van der Waals surface area (Å²) in [6.07, 6.45) is 0.241. The number of halogens is 2. The molecule has 0 aliphatic rings. The molecule has 0 saturated carbocycles. The highest BCUT2D eigenvalue weighted by Gasteiger charge is 2.17. The van der Waals surface area contributed by atoms with Crippen LogP contribution in [0.2, 0.25) is 0 Å². The second-order valence-electron chi connectivity index (χ2n) is 7.56. The van der Waals surface area contributed by atoms with Gasteiger partial charge in [-0.05, 0) is 70.7 Å². The molecular weight excluding hydrogens is 473 g/mol. The molecule has 0 radical (unpaired) electrons. The van der Waals surface area contributed by atoms with Crippen molar-refractivity contribution in [2.75, 3.05) is 24.8 Å². The molecule has 0 aromatic heterocycles. The fourth-order valence-corrected chi connectivity index (χ4v) is 4.09. The number of ether oxygens (including phenoxy) is 1. The van der Waals surface area contributed by atoms with Gasteiger partial charge in [0.1, 0.15) is 17.2 Å². The molecule has 0 fully saturated rings. The molecule has 178 valence electrons. The standard InChI is InChI=1S/C27H27Cl2NO4/c1-2-25(19-3-9-22(31)10-4-19)26(20-5-11-23(32)12-6-20)21-7-13-24(14-8-21)34-27(33)30(17-15-28)18-16-29/h3-14,31-32H,2,15-18H2,1H3/b26-25-. The highest BCUT2D eigenvalue weighted by Crippen LogP contribution is 2.36. The smallest absolute Gasteiger partial charge is 0.415 e. The maximum absolute atomic E-state index is 12.5. The van der Waals surface area contributed by atoms with Gasteiger partial charge in [0.05, 0.1) is 0 Å². The predicted octanol–water partition coefficient (Wildman–Crippen LogP) is 6.75. The number of nitrogens with zero attached hydrogens (tertiary/aromatic N) is 1. The number of phenolic OH excluding ortho intramolecular Hbond substituents is 2. The maximum atomic E-state index is 12.5. The third kappa shape index (κ3) is 6.46. The number of phenols is 2. The Hall–Kier alpha value is -3.15. The van der Waals surface area contributed by atoms with Crippen LogP contribution < -0.4 is 4.74 Å². The quantitative estimate of drug-likeness (QED) is 0.252. The molecule has 3 aromatic rings. The van der Waals surface area contributed by atoms with E-state index in [1.165, 1.54) is 4.90 Å². The SMILES string of the molecule is CC/C(=C(\c1ccc(O)cc1)c1ccc(OC(=O)N(CCCl)CCCl)cc1)c1ccc(O)cc1. The average Bonchev–Trinajstić information content (AvgIpc) is 2.84. The van der Waals surface area contributed by atoms with Crippen LogP contribution >= 0.6 is 23.2 Å². The molecule has 2 N–H and O–H groups in total. The van der Waals surface area contributed by atoms with Gasteiger partial charge in [-0.1, -0.05) is 43.3 Å². The summed E-state index contributed by atoms with van der Waals surface area (Å²) in [4.78, 5) is 13.9. The normalized spacial score (nSPS) is 11.6. The monoisotopic (exact) mass is 499 g/mol. The third-order valence-corrected chi connectivity index (χ3v) is 5.68. The molecule has 3 aromatic carbocycles. The van der Waals surface area contributed by atoms with E-state index in [0.717, 1.165) is 34.3 Å². The van der Waals surface area contributed by atoms with Crippen molar-refractivity contribution in [3.63, 3.8) is 0 Å². The first kappa shape index (κ1) is 25.5. The zero-order valence-corrected chi connectivity index (χ0v) is 20.4. The van der Waals surface area contributed by atoms with Gasteiger partial charge in [0.15, 0.2) is 0 Å². The van der Waals surface area contributed by atoms with Gasteiger partial charge in [0.25, 0.3) is 0 Å². The van der Waals surface area contributed by atoms with E-state index in [-0.39, 0.29) is 11.5 Å². The summed E-state index contributed by atoms with van der Waals surface area (Å²) in [6, 6.07) is 21.4. The fourth-order valence-electron chi connectivity index (χ4n) is 3.68. The van der Waals surface area contributed by atoms with Crippen molar-refractivity contribution in [2.45, 2.75) is 13.3 Å². The van der Waals surface area contributed by atoms with Crippen molar-refractivity contribution < 1.29 is 19.7 Å². The van der Waals surface area contributed by atoms with Gasteiger partial charge in [-0.15, -0.1) is 23.2 Å². The molecule has 34 heavy (non-hydrogen) atoms. The van der Waals surface area contributed by atoms with E-state index < -0.39 is 6.09 Å². The molecule has 0 aliphatic heterocycles. The Morgan fingerprint density at radius 2 is 1.21 bits per heavy atom. The Balaban J connectivity index is 1.99.